The molecular weight excluding hydrogens is 360 g/mol. The summed E-state index contributed by atoms with van der Waals surface area (Å²) in [6.45, 7) is 0.829. The van der Waals surface area contributed by atoms with Crippen molar-refractivity contribution >= 4 is 17.0 Å². The van der Waals surface area contributed by atoms with Crippen molar-refractivity contribution < 1.29 is 14.3 Å². The van der Waals surface area contributed by atoms with Gasteiger partial charge in [-0.25, -0.2) is 0 Å². The lowest BCUT2D eigenvalue weighted by Gasteiger charge is -2.21. The van der Waals surface area contributed by atoms with Crippen molar-refractivity contribution in [2.45, 2.75) is 0 Å². The van der Waals surface area contributed by atoms with Gasteiger partial charge in [-0.15, -0.1) is 10.2 Å². The summed E-state index contributed by atoms with van der Waals surface area (Å²) in [5.74, 6) is 0.971. The summed E-state index contributed by atoms with van der Waals surface area (Å²) < 4.78 is 11.2. The van der Waals surface area contributed by atoms with Crippen molar-refractivity contribution in [3.8, 4) is 17.6 Å². The van der Waals surface area contributed by atoms with Crippen LogP contribution < -0.4 is 14.8 Å². The number of nitriles is 1. The SMILES string of the molecule is N#CC(=CNc1cc2c(cc1C(=O)c1ccccc1)OCCO2)c1nn[nH]n1. The van der Waals surface area contributed by atoms with Gasteiger partial charge in [-0.3, -0.25) is 4.79 Å². The zero-order valence-electron chi connectivity index (χ0n) is 14.5. The highest BCUT2D eigenvalue weighted by Gasteiger charge is 2.21. The number of hydrogen-bond donors (Lipinski definition) is 2. The largest absolute Gasteiger partial charge is 0.486 e. The molecule has 2 heterocycles. The second-order valence-corrected chi connectivity index (χ2v) is 5.79. The van der Waals surface area contributed by atoms with Crippen LogP contribution in [-0.2, 0) is 0 Å². The maximum atomic E-state index is 13.0. The normalized spacial score (nSPS) is 12.9. The fourth-order valence-corrected chi connectivity index (χ4v) is 2.71. The fraction of sp³-hybridized carbons (Fsp3) is 0.105. The first kappa shape index (κ1) is 17.2. The van der Waals surface area contributed by atoms with Crippen LogP contribution in [0.3, 0.4) is 0 Å². The van der Waals surface area contributed by atoms with Gasteiger partial charge in [0.1, 0.15) is 24.9 Å². The van der Waals surface area contributed by atoms with Crippen molar-refractivity contribution in [2.24, 2.45) is 0 Å². The van der Waals surface area contributed by atoms with E-state index in [1.807, 2.05) is 12.1 Å². The third-order valence-electron chi connectivity index (χ3n) is 4.04. The molecule has 28 heavy (non-hydrogen) atoms. The molecule has 1 aliphatic rings. The van der Waals surface area contributed by atoms with Gasteiger partial charge in [0.15, 0.2) is 17.3 Å². The zero-order valence-corrected chi connectivity index (χ0v) is 14.5. The Balaban J connectivity index is 1.75. The Morgan fingerprint density at radius 3 is 2.61 bits per heavy atom. The molecule has 9 heteroatoms. The Hall–Kier alpha value is -4.19. The van der Waals surface area contributed by atoms with Gasteiger partial charge in [-0.1, -0.05) is 30.3 Å². The van der Waals surface area contributed by atoms with E-state index in [4.69, 9.17) is 9.47 Å². The van der Waals surface area contributed by atoms with Crippen LogP contribution in [0.5, 0.6) is 11.5 Å². The minimum absolute atomic E-state index is 0.142. The molecule has 0 fully saturated rings. The number of tetrazole rings is 1. The van der Waals surface area contributed by atoms with E-state index in [0.717, 1.165) is 0 Å². The molecule has 4 rings (SSSR count). The van der Waals surface area contributed by atoms with E-state index in [2.05, 4.69) is 25.9 Å². The lowest BCUT2D eigenvalue weighted by molar-refractivity contribution is 0.103. The number of benzene rings is 2. The highest BCUT2D eigenvalue weighted by molar-refractivity contribution is 6.13. The molecular formula is C19H14N6O3. The zero-order chi connectivity index (χ0) is 19.3. The highest BCUT2D eigenvalue weighted by atomic mass is 16.6. The molecule has 2 N–H and O–H groups in total. The lowest BCUT2D eigenvalue weighted by Crippen LogP contribution is -2.17. The Bertz CT molecular complexity index is 1070. The van der Waals surface area contributed by atoms with Crippen molar-refractivity contribution in [3.63, 3.8) is 0 Å². The number of nitrogens with one attached hydrogen (secondary N) is 2. The second-order valence-electron chi connectivity index (χ2n) is 5.79. The topological polar surface area (TPSA) is 126 Å². The molecule has 0 radical (unpaired) electrons. The molecule has 2 aromatic carbocycles. The van der Waals surface area contributed by atoms with E-state index in [1.165, 1.54) is 6.20 Å². The molecule has 0 atom stereocenters. The van der Waals surface area contributed by atoms with E-state index < -0.39 is 0 Å². The first-order chi connectivity index (χ1) is 13.8. The van der Waals surface area contributed by atoms with Gasteiger partial charge in [0.05, 0.1) is 5.69 Å². The van der Waals surface area contributed by atoms with E-state index in [9.17, 15) is 10.1 Å². The highest BCUT2D eigenvalue weighted by Crippen LogP contribution is 2.36. The van der Waals surface area contributed by atoms with Crippen molar-refractivity contribution in [2.75, 3.05) is 18.5 Å². The average molecular weight is 374 g/mol. The molecule has 1 aliphatic heterocycles. The minimum Gasteiger partial charge on any atom is -0.486 e. The number of allylic oxidation sites excluding steroid dienone is 1. The second kappa shape index (κ2) is 7.59. The third-order valence-corrected chi connectivity index (χ3v) is 4.04. The van der Waals surface area contributed by atoms with Gasteiger partial charge in [0.25, 0.3) is 0 Å². The lowest BCUT2D eigenvalue weighted by atomic mass is 10.0. The fourth-order valence-electron chi connectivity index (χ4n) is 2.71. The number of aromatic amines is 1. The molecule has 3 aromatic rings. The van der Waals surface area contributed by atoms with Gasteiger partial charge in [-0.2, -0.15) is 10.5 Å². The molecule has 0 aliphatic carbocycles. The van der Waals surface area contributed by atoms with Gasteiger partial charge in [0, 0.05) is 23.4 Å². The van der Waals surface area contributed by atoms with Crippen LogP contribution in [0.2, 0.25) is 0 Å². The molecule has 0 unspecified atom stereocenters. The number of fused-ring (bicyclic) bond motifs is 1. The Kier molecular flexibility index (Phi) is 4.67. The quantitative estimate of drug-likeness (QED) is 0.514. The Morgan fingerprint density at radius 1 is 1.18 bits per heavy atom. The number of anilines is 1. The average Bonchev–Trinajstić information content (AvgIpc) is 3.28. The van der Waals surface area contributed by atoms with E-state index in [0.29, 0.717) is 41.5 Å². The van der Waals surface area contributed by atoms with E-state index >= 15 is 0 Å². The van der Waals surface area contributed by atoms with Crippen LogP contribution in [0.15, 0.2) is 48.7 Å². The van der Waals surface area contributed by atoms with Gasteiger partial charge in [-0.05, 0) is 11.3 Å². The number of carbonyl (C=O) groups excluding carboxylic acids is 1. The molecule has 138 valence electrons. The maximum Gasteiger partial charge on any atom is 0.216 e. The Morgan fingerprint density at radius 2 is 1.93 bits per heavy atom. The summed E-state index contributed by atoms with van der Waals surface area (Å²) in [6.07, 6.45) is 1.41. The maximum absolute atomic E-state index is 13.0. The Labute approximate surface area is 159 Å². The standard InChI is InChI=1S/C19H14N6O3/c20-10-13(19-22-24-25-23-19)11-21-15-9-17-16(27-6-7-28-17)8-14(15)18(26)12-4-2-1-3-5-12/h1-5,8-9,11,21H,6-7H2,(H,22,23,24,25). The molecule has 0 amide bonds. The summed E-state index contributed by atoms with van der Waals surface area (Å²) >= 11 is 0. The summed E-state index contributed by atoms with van der Waals surface area (Å²) in [7, 11) is 0. The smallest absolute Gasteiger partial charge is 0.216 e. The number of ketones is 1. The summed E-state index contributed by atoms with van der Waals surface area (Å²) in [5, 5.41) is 25.6. The first-order valence-corrected chi connectivity index (χ1v) is 8.40. The van der Waals surface area contributed by atoms with E-state index in [-0.39, 0.29) is 17.2 Å². The molecule has 0 saturated carbocycles. The monoisotopic (exact) mass is 374 g/mol. The number of hydrogen-bond acceptors (Lipinski definition) is 8. The van der Waals surface area contributed by atoms with Crippen LogP contribution in [-0.4, -0.2) is 39.6 Å². The summed E-state index contributed by atoms with van der Waals surface area (Å²) in [5.41, 5.74) is 1.54. The summed E-state index contributed by atoms with van der Waals surface area (Å²) in [4.78, 5) is 13.0. The molecule has 1 aromatic heterocycles. The van der Waals surface area contributed by atoms with Gasteiger partial charge >= 0.3 is 0 Å². The predicted molar refractivity (Wildman–Crippen MR) is 98.7 cm³/mol. The van der Waals surface area contributed by atoms with Gasteiger partial charge < -0.3 is 14.8 Å². The number of carbonyl (C=O) groups is 1. The molecule has 9 nitrogen and oxygen atoms in total. The van der Waals surface area contributed by atoms with Crippen LogP contribution in [0.25, 0.3) is 5.57 Å². The predicted octanol–water partition coefficient (Wildman–Crippen LogP) is 2.18. The van der Waals surface area contributed by atoms with Crippen LogP contribution in [0, 0.1) is 11.3 Å². The van der Waals surface area contributed by atoms with Crippen LogP contribution in [0.1, 0.15) is 21.7 Å². The minimum atomic E-state index is -0.188. The summed E-state index contributed by atoms with van der Waals surface area (Å²) in [6, 6.07) is 14.2. The number of aromatic nitrogens is 4. The first-order valence-electron chi connectivity index (χ1n) is 8.40. The molecule has 0 spiro atoms. The number of nitrogens with zero attached hydrogens (tertiary/aromatic N) is 4. The molecule has 0 saturated heterocycles. The van der Waals surface area contributed by atoms with Crippen molar-refractivity contribution in [1.29, 1.82) is 5.26 Å². The van der Waals surface area contributed by atoms with Crippen molar-refractivity contribution in [1.82, 2.24) is 20.6 Å². The van der Waals surface area contributed by atoms with Crippen LogP contribution in [0.4, 0.5) is 5.69 Å². The number of rotatable bonds is 5. The molecule has 0 bridgehead atoms. The van der Waals surface area contributed by atoms with Gasteiger partial charge in [0.2, 0.25) is 5.82 Å². The number of H-pyrrole nitrogens is 1. The van der Waals surface area contributed by atoms with Crippen LogP contribution >= 0.6 is 0 Å². The number of ether oxygens (including phenoxy) is 2. The van der Waals surface area contributed by atoms with Crippen molar-refractivity contribution in [3.05, 3.63) is 65.6 Å². The van der Waals surface area contributed by atoms with E-state index in [1.54, 1.807) is 36.4 Å². The third kappa shape index (κ3) is 3.39.